The summed E-state index contributed by atoms with van der Waals surface area (Å²) in [6, 6.07) is 12.1. The molecule has 0 aliphatic carbocycles. The largest absolute Gasteiger partial charge is 0.465 e. The van der Waals surface area contributed by atoms with Gasteiger partial charge in [-0.2, -0.15) is 0 Å². The Hall–Kier alpha value is -4.38. The number of nitro benzene ring substituents is 1. The number of carbonyl (C=O) groups is 2. The van der Waals surface area contributed by atoms with Gasteiger partial charge in [0.05, 0.1) is 29.3 Å². The van der Waals surface area contributed by atoms with Gasteiger partial charge in [0.1, 0.15) is 11.4 Å². The molecule has 0 atom stereocenters. The van der Waals surface area contributed by atoms with Gasteiger partial charge in [0, 0.05) is 28.8 Å². The van der Waals surface area contributed by atoms with Crippen molar-refractivity contribution in [3.63, 3.8) is 0 Å². The van der Waals surface area contributed by atoms with Crippen LogP contribution in [0.4, 0.5) is 11.4 Å². The van der Waals surface area contributed by atoms with Crippen molar-refractivity contribution < 1.29 is 19.2 Å². The van der Waals surface area contributed by atoms with Gasteiger partial charge in [-0.25, -0.2) is 9.78 Å². The number of nitro groups is 1. The van der Waals surface area contributed by atoms with Gasteiger partial charge in [0.2, 0.25) is 5.91 Å². The van der Waals surface area contributed by atoms with Crippen LogP contribution in [0.25, 0.3) is 21.3 Å². The Labute approximate surface area is 190 Å². The summed E-state index contributed by atoms with van der Waals surface area (Å²) in [4.78, 5) is 52.5. The van der Waals surface area contributed by atoms with Crippen molar-refractivity contribution in [3.05, 3.63) is 86.3 Å². The van der Waals surface area contributed by atoms with Gasteiger partial charge in [-0.1, -0.05) is 6.07 Å². The minimum atomic E-state index is -0.534. The van der Waals surface area contributed by atoms with Crippen LogP contribution in [0.1, 0.15) is 10.4 Å². The summed E-state index contributed by atoms with van der Waals surface area (Å²) >= 11 is 1.27. The fourth-order valence-electron chi connectivity index (χ4n) is 3.25. The third kappa shape index (κ3) is 4.48. The molecule has 0 saturated heterocycles. The molecule has 0 aliphatic heterocycles. The molecule has 0 bridgehead atoms. The van der Waals surface area contributed by atoms with Crippen LogP contribution < -0.4 is 10.9 Å². The topological polar surface area (TPSA) is 133 Å². The lowest BCUT2D eigenvalue weighted by atomic mass is 10.1. The summed E-state index contributed by atoms with van der Waals surface area (Å²) in [5, 5.41) is 15.6. The molecule has 2 heterocycles. The van der Waals surface area contributed by atoms with Crippen LogP contribution in [0.5, 0.6) is 0 Å². The molecule has 166 valence electrons. The van der Waals surface area contributed by atoms with Crippen LogP contribution in [0, 0.1) is 10.1 Å². The zero-order chi connectivity index (χ0) is 23.5. The number of carbonyl (C=O) groups excluding carboxylic acids is 2. The van der Waals surface area contributed by atoms with E-state index in [2.05, 4.69) is 15.0 Å². The molecular formula is C22H16N4O6S. The molecule has 1 amide bonds. The lowest BCUT2D eigenvalue weighted by Gasteiger charge is -2.09. The number of ether oxygens (including phenoxy) is 1. The van der Waals surface area contributed by atoms with Crippen LogP contribution in [-0.2, 0) is 16.1 Å². The molecular weight excluding hydrogens is 448 g/mol. The molecule has 2 aromatic heterocycles. The summed E-state index contributed by atoms with van der Waals surface area (Å²) < 4.78 is 5.85. The van der Waals surface area contributed by atoms with Gasteiger partial charge < -0.3 is 10.1 Å². The van der Waals surface area contributed by atoms with Gasteiger partial charge in [-0.15, -0.1) is 11.3 Å². The summed E-state index contributed by atoms with van der Waals surface area (Å²) in [5.41, 5.74) is 1.42. The highest BCUT2D eigenvalue weighted by atomic mass is 32.1. The fraction of sp³-hybridized carbons (Fsp3) is 0.0909. The highest BCUT2D eigenvalue weighted by molar-refractivity contribution is 7.17. The van der Waals surface area contributed by atoms with E-state index in [1.165, 1.54) is 47.5 Å². The van der Waals surface area contributed by atoms with Gasteiger partial charge in [-0.3, -0.25) is 24.3 Å². The van der Waals surface area contributed by atoms with Crippen LogP contribution in [0.2, 0.25) is 0 Å². The molecule has 1 N–H and O–H groups in total. The zero-order valence-corrected chi connectivity index (χ0v) is 18.0. The van der Waals surface area contributed by atoms with Gasteiger partial charge in [0.25, 0.3) is 11.2 Å². The number of hydrogen-bond acceptors (Lipinski definition) is 8. The van der Waals surface area contributed by atoms with Crippen LogP contribution in [0.3, 0.4) is 0 Å². The summed E-state index contributed by atoms with van der Waals surface area (Å²) in [5.74, 6) is -1.01. The quantitative estimate of drug-likeness (QED) is 0.262. The van der Waals surface area contributed by atoms with Crippen LogP contribution in [0.15, 0.2) is 65.0 Å². The maximum absolute atomic E-state index is 13.1. The Morgan fingerprint density at radius 3 is 2.67 bits per heavy atom. The smallest absolute Gasteiger partial charge is 0.337 e. The normalized spacial score (nSPS) is 10.7. The van der Waals surface area contributed by atoms with E-state index in [9.17, 15) is 24.5 Å². The van der Waals surface area contributed by atoms with Crippen molar-refractivity contribution in [2.45, 2.75) is 6.54 Å². The first-order valence-corrected chi connectivity index (χ1v) is 10.4. The number of hydrogen-bond donors (Lipinski definition) is 1. The molecule has 2 aromatic carbocycles. The van der Waals surface area contributed by atoms with E-state index in [4.69, 9.17) is 0 Å². The Bertz CT molecular complexity index is 1440. The molecule has 11 heteroatoms. The number of benzene rings is 2. The average Bonchev–Trinajstić information content (AvgIpc) is 3.25. The van der Waals surface area contributed by atoms with Crippen LogP contribution >= 0.6 is 11.3 Å². The van der Waals surface area contributed by atoms with E-state index in [1.54, 1.807) is 35.7 Å². The van der Waals surface area contributed by atoms with E-state index in [0.717, 1.165) is 0 Å². The maximum atomic E-state index is 13.1. The third-order valence-electron chi connectivity index (χ3n) is 4.83. The predicted molar refractivity (Wildman–Crippen MR) is 122 cm³/mol. The van der Waals surface area contributed by atoms with E-state index in [-0.39, 0.29) is 17.8 Å². The number of aromatic nitrogens is 2. The Morgan fingerprint density at radius 2 is 1.97 bits per heavy atom. The van der Waals surface area contributed by atoms with Crippen molar-refractivity contribution >= 4 is 44.8 Å². The number of methoxy groups -OCH3 is 1. The number of rotatable bonds is 6. The van der Waals surface area contributed by atoms with Crippen molar-refractivity contribution in [2.75, 3.05) is 12.4 Å². The molecule has 33 heavy (non-hydrogen) atoms. The number of non-ortho nitro benzene ring substituents is 1. The van der Waals surface area contributed by atoms with E-state index >= 15 is 0 Å². The monoisotopic (exact) mass is 464 g/mol. The number of nitrogens with one attached hydrogen (secondary N) is 1. The minimum absolute atomic E-state index is 0.0539. The molecule has 4 aromatic rings. The molecule has 0 radical (unpaired) electrons. The second-order valence-corrected chi connectivity index (χ2v) is 7.79. The third-order valence-corrected chi connectivity index (χ3v) is 5.72. The number of anilines is 1. The van der Waals surface area contributed by atoms with Gasteiger partial charge in [0.15, 0.2) is 0 Å². The molecule has 0 saturated carbocycles. The lowest BCUT2D eigenvalue weighted by Crippen LogP contribution is -2.27. The Balaban J connectivity index is 1.60. The number of thiophene rings is 1. The number of esters is 1. The predicted octanol–water partition coefficient (Wildman–Crippen LogP) is 3.46. The first-order valence-electron chi connectivity index (χ1n) is 9.57. The first-order chi connectivity index (χ1) is 15.9. The summed E-state index contributed by atoms with van der Waals surface area (Å²) in [7, 11) is 1.26. The van der Waals surface area contributed by atoms with Crippen molar-refractivity contribution in [1.82, 2.24) is 9.55 Å². The second kappa shape index (κ2) is 9.01. The van der Waals surface area contributed by atoms with Gasteiger partial charge >= 0.3 is 5.97 Å². The van der Waals surface area contributed by atoms with E-state index < -0.39 is 22.4 Å². The average molecular weight is 464 g/mol. The highest BCUT2D eigenvalue weighted by Crippen LogP contribution is 2.31. The Kier molecular flexibility index (Phi) is 5.96. The second-order valence-electron chi connectivity index (χ2n) is 6.93. The van der Waals surface area contributed by atoms with E-state index in [0.29, 0.717) is 27.0 Å². The Morgan fingerprint density at radius 1 is 1.21 bits per heavy atom. The molecule has 0 unspecified atom stereocenters. The first kappa shape index (κ1) is 21.8. The molecule has 0 aliphatic rings. The van der Waals surface area contributed by atoms with E-state index in [1.807, 2.05) is 0 Å². The fourth-order valence-corrected chi connectivity index (χ4v) is 4.16. The summed E-state index contributed by atoms with van der Waals surface area (Å²) in [6.07, 6.45) is 1.30. The van der Waals surface area contributed by atoms with Crippen LogP contribution in [-0.4, -0.2) is 33.5 Å². The van der Waals surface area contributed by atoms with Crippen molar-refractivity contribution in [1.29, 1.82) is 0 Å². The number of nitrogens with zero attached hydrogens (tertiary/aromatic N) is 3. The number of amides is 1. The van der Waals surface area contributed by atoms with Gasteiger partial charge in [-0.05, 0) is 35.9 Å². The standard InChI is InChI=1S/C22H16N4O6S/c1-32-22(29)14-3-2-4-15(9-14)24-18(27)10-25-12-23-20-19(21(25)28)17(11-33-20)13-5-7-16(8-6-13)26(30)31/h2-9,11-12H,10H2,1H3,(H,24,27). The maximum Gasteiger partial charge on any atom is 0.337 e. The SMILES string of the molecule is COC(=O)c1cccc(NC(=O)Cn2cnc3scc(-c4ccc([N+](=O)[O-])cc4)c3c2=O)c1. The highest BCUT2D eigenvalue weighted by Gasteiger charge is 2.16. The number of fused-ring (bicyclic) bond motifs is 1. The van der Waals surface area contributed by atoms with Crippen molar-refractivity contribution in [2.24, 2.45) is 0 Å². The lowest BCUT2D eigenvalue weighted by molar-refractivity contribution is -0.384. The summed E-state index contributed by atoms with van der Waals surface area (Å²) in [6.45, 7) is -0.292. The van der Waals surface area contributed by atoms with Crippen molar-refractivity contribution in [3.8, 4) is 11.1 Å². The molecule has 0 fully saturated rings. The molecule has 10 nitrogen and oxygen atoms in total. The molecule has 0 spiro atoms. The minimum Gasteiger partial charge on any atom is -0.465 e. The molecule has 4 rings (SSSR count). The zero-order valence-electron chi connectivity index (χ0n) is 17.2.